The fourth-order valence-corrected chi connectivity index (χ4v) is 1.01. The van der Waals surface area contributed by atoms with Crippen LogP contribution in [0.25, 0.3) is 0 Å². The lowest BCUT2D eigenvalue weighted by molar-refractivity contribution is 0.0863. The van der Waals surface area contributed by atoms with Gasteiger partial charge in [0.05, 0.1) is 6.10 Å². The summed E-state index contributed by atoms with van der Waals surface area (Å²) in [5, 5.41) is 9.10. The Morgan fingerprint density at radius 2 is 1.90 bits per heavy atom. The van der Waals surface area contributed by atoms with E-state index >= 15 is 0 Å². The first-order valence-corrected chi connectivity index (χ1v) is 3.66. The lowest BCUT2D eigenvalue weighted by Crippen LogP contribution is -2.10. The molecule has 1 aliphatic rings. The third kappa shape index (κ3) is 2.60. The molecule has 60 valence electrons. The quantitative estimate of drug-likeness (QED) is 0.647. The minimum absolute atomic E-state index is 0.155. The first-order valence-electron chi connectivity index (χ1n) is 3.66. The largest absolute Gasteiger partial charge is 0.393 e. The molecule has 1 aliphatic carbocycles. The van der Waals surface area contributed by atoms with Crippen molar-refractivity contribution in [3.05, 3.63) is 0 Å². The minimum atomic E-state index is -2.26. The molecule has 0 aliphatic heterocycles. The van der Waals surface area contributed by atoms with Crippen LogP contribution in [0.3, 0.4) is 0 Å². The smallest absolute Gasteiger partial charge is 0.238 e. The Kier molecular flexibility index (Phi) is 2.60. The summed E-state index contributed by atoms with van der Waals surface area (Å²) in [6, 6.07) is 0. The molecule has 0 radical (unpaired) electrons. The molecule has 1 atom stereocenters. The Hall–Kier alpha value is -0.180. The summed E-state index contributed by atoms with van der Waals surface area (Å²) in [5.41, 5.74) is 0. The molecule has 1 N–H and O–H groups in total. The summed E-state index contributed by atoms with van der Waals surface area (Å²) >= 11 is 0. The van der Waals surface area contributed by atoms with Crippen LogP contribution in [0, 0.1) is 5.92 Å². The van der Waals surface area contributed by atoms with Crippen LogP contribution in [-0.2, 0) is 0 Å². The molecular formula is C7H12F2O. The lowest BCUT2D eigenvalue weighted by atomic mass is 10.1. The van der Waals surface area contributed by atoms with E-state index in [4.69, 9.17) is 5.11 Å². The molecule has 0 heterocycles. The van der Waals surface area contributed by atoms with E-state index in [2.05, 4.69) is 0 Å². The normalized spacial score (nSPS) is 21.6. The monoisotopic (exact) mass is 150 g/mol. The number of alkyl halides is 2. The number of hydrogen-bond donors (Lipinski definition) is 1. The van der Waals surface area contributed by atoms with Crippen LogP contribution in [0.2, 0.25) is 0 Å². The standard InChI is InChI=1S/C7H12F2O/c8-7(9)4-3-6(10)5-1-2-5/h5-7,10H,1-4H2. The van der Waals surface area contributed by atoms with Crippen LogP contribution in [0.5, 0.6) is 0 Å². The molecule has 0 bridgehead atoms. The van der Waals surface area contributed by atoms with E-state index in [0.717, 1.165) is 12.8 Å². The lowest BCUT2D eigenvalue weighted by Gasteiger charge is -2.06. The predicted octanol–water partition coefficient (Wildman–Crippen LogP) is 1.80. The van der Waals surface area contributed by atoms with E-state index in [1.54, 1.807) is 0 Å². The molecule has 1 nitrogen and oxygen atoms in total. The highest BCUT2D eigenvalue weighted by molar-refractivity contribution is 4.80. The minimum Gasteiger partial charge on any atom is -0.393 e. The SMILES string of the molecule is OC(CCC(F)F)C1CC1. The Balaban J connectivity index is 2.00. The molecule has 0 aromatic carbocycles. The van der Waals surface area contributed by atoms with Crippen molar-refractivity contribution in [2.24, 2.45) is 5.92 Å². The highest BCUT2D eigenvalue weighted by Gasteiger charge is 2.29. The number of hydrogen-bond acceptors (Lipinski definition) is 1. The van der Waals surface area contributed by atoms with Crippen LogP contribution in [-0.4, -0.2) is 17.6 Å². The number of halogens is 2. The van der Waals surface area contributed by atoms with E-state index in [1.807, 2.05) is 0 Å². The van der Waals surface area contributed by atoms with Gasteiger partial charge in [-0.2, -0.15) is 0 Å². The van der Waals surface area contributed by atoms with E-state index in [9.17, 15) is 8.78 Å². The van der Waals surface area contributed by atoms with E-state index in [-0.39, 0.29) is 12.8 Å². The van der Waals surface area contributed by atoms with Gasteiger partial charge in [-0.3, -0.25) is 0 Å². The summed E-state index contributed by atoms with van der Waals surface area (Å²) in [4.78, 5) is 0. The molecule has 0 aromatic rings. The second kappa shape index (κ2) is 3.28. The molecule has 1 fully saturated rings. The molecule has 3 heteroatoms. The molecule has 10 heavy (non-hydrogen) atoms. The highest BCUT2D eigenvalue weighted by atomic mass is 19.3. The van der Waals surface area contributed by atoms with Gasteiger partial charge in [-0.1, -0.05) is 0 Å². The number of aliphatic hydroxyl groups excluding tert-OH is 1. The summed E-state index contributed by atoms with van der Waals surface area (Å²) in [6.45, 7) is 0. The van der Waals surface area contributed by atoms with Crippen molar-refractivity contribution in [3.8, 4) is 0 Å². The first-order chi connectivity index (χ1) is 4.70. The van der Waals surface area contributed by atoms with E-state index in [1.165, 1.54) is 0 Å². The van der Waals surface area contributed by atoms with Crippen LogP contribution in [0.1, 0.15) is 25.7 Å². The first kappa shape index (κ1) is 7.92. The maximum Gasteiger partial charge on any atom is 0.238 e. The Morgan fingerprint density at radius 1 is 1.30 bits per heavy atom. The number of aliphatic hydroxyl groups is 1. The van der Waals surface area contributed by atoms with Gasteiger partial charge in [0.25, 0.3) is 0 Å². The maximum atomic E-state index is 11.6. The van der Waals surface area contributed by atoms with Gasteiger partial charge < -0.3 is 5.11 Å². The summed E-state index contributed by atoms with van der Waals surface area (Å²) in [6.07, 6.45) is -0.572. The average molecular weight is 150 g/mol. The molecule has 1 rings (SSSR count). The van der Waals surface area contributed by atoms with Gasteiger partial charge in [0.15, 0.2) is 0 Å². The van der Waals surface area contributed by atoms with Gasteiger partial charge in [0.1, 0.15) is 0 Å². The molecule has 1 unspecified atom stereocenters. The average Bonchev–Trinajstić information content (AvgIpc) is 2.63. The topological polar surface area (TPSA) is 20.2 Å². The zero-order valence-corrected chi connectivity index (χ0v) is 5.76. The molecule has 0 aromatic heterocycles. The van der Waals surface area contributed by atoms with Crippen LogP contribution in [0.4, 0.5) is 8.78 Å². The second-order valence-electron chi connectivity index (χ2n) is 2.87. The van der Waals surface area contributed by atoms with Gasteiger partial charge in [-0.15, -0.1) is 0 Å². The Morgan fingerprint density at radius 3 is 2.30 bits per heavy atom. The molecular weight excluding hydrogens is 138 g/mol. The fraction of sp³-hybridized carbons (Fsp3) is 1.00. The van der Waals surface area contributed by atoms with Gasteiger partial charge in [0, 0.05) is 6.42 Å². The zero-order valence-electron chi connectivity index (χ0n) is 5.76. The molecule has 0 spiro atoms. The Bertz CT molecular complexity index is 102. The summed E-state index contributed by atoms with van der Waals surface area (Å²) in [7, 11) is 0. The summed E-state index contributed by atoms with van der Waals surface area (Å²) in [5.74, 6) is 0.332. The van der Waals surface area contributed by atoms with Crippen molar-refractivity contribution >= 4 is 0 Å². The van der Waals surface area contributed by atoms with Crippen molar-refractivity contribution in [1.82, 2.24) is 0 Å². The highest BCUT2D eigenvalue weighted by Crippen LogP contribution is 2.34. The Labute approximate surface area is 59.0 Å². The van der Waals surface area contributed by atoms with Crippen molar-refractivity contribution in [2.45, 2.75) is 38.2 Å². The predicted molar refractivity (Wildman–Crippen MR) is 34.0 cm³/mol. The van der Waals surface area contributed by atoms with Gasteiger partial charge >= 0.3 is 0 Å². The van der Waals surface area contributed by atoms with Crippen molar-refractivity contribution < 1.29 is 13.9 Å². The third-order valence-corrected chi connectivity index (χ3v) is 1.85. The van der Waals surface area contributed by atoms with Gasteiger partial charge in [-0.05, 0) is 25.2 Å². The second-order valence-corrected chi connectivity index (χ2v) is 2.87. The summed E-state index contributed by atoms with van der Waals surface area (Å²) < 4.78 is 23.1. The van der Waals surface area contributed by atoms with Crippen molar-refractivity contribution in [1.29, 1.82) is 0 Å². The van der Waals surface area contributed by atoms with Crippen LogP contribution in [0.15, 0.2) is 0 Å². The molecule has 1 saturated carbocycles. The zero-order chi connectivity index (χ0) is 7.56. The van der Waals surface area contributed by atoms with Crippen molar-refractivity contribution in [2.75, 3.05) is 0 Å². The third-order valence-electron chi connectivity index (χ3n) is 1.85. The van der Waals surface area contributed by atoms with E-state index in [0.29, 0.717) is 5.92 Å². The van der Waals surface area contributed by atoms with Crippen molar-refractivity contribution in [3.63, 3.8) is 0 Å². The molecule has 0 amide bonds. The van der Waals surface area contributed by atoms with Gasteiger partial charge in [-0.25, -0.2) is 8.78 Å². The van der Waals surface area contributed by atoms with Gasteiger partial charge in [0.2, 0.25) is 6.43 Å². The van der Waals surface area contributed by atoms with Crippen LogP contribution >= 0.6 is 0 Å². The molecule has 0 saturated heterocycles. The fourth-order valence-electron chi connectivity index (χ4n) is 1.01. The van der Waals surface area contributed by atoms with E-state index < -0.39 is 12.5 Å². The maximum absolute atomic E-state index is 11.6. The number of rotatable bonds is 4. The van der Waals surface area contributed by atoms with Crippen LogP contribution < -0.4 is 0 Å².